The number of rotatable bonds is 5. The number of fused-ring (bicyclic) bond motifs is 3. The molecular formula is C21H14ClF2N2O2. The summed E-state index contributed by atoms with van der Waals surface area (Å²) in [4.78, 5) is 11.9. The van der Waals surface area contributed by atoms with Crippen LogP contribution in [-0.2, 0) is 6.54 Å². The fraction of sp³-hybridized carbons (Fsp3) is 0.0952. The number of alkyl halides is 2. The summed E-state index contributed by atoms with van der Waals surface area (Å²) in [5.41, 5.74) is 7.78. The van der Waals surface area contributed by atoms with Gasteiger partial charge in [-0.05, 0) is 30.3 Å². The Balaban J connectivity index is 2.00. The third-order valence-corrected chi connectivity index (χ3v) is 4.86. The Morgan fingerprint density at radius 3 is 2.71 bits per heavy atom. The number of aromatic nitrogens is 1. The molecule has 1 aromatic heterocycles. The second kappa shape index (κ2) is 7.13. The summed E-state index contributed by atoms with van der Waals surface area (Å²) >= 11 is 6.45. The molecule has 28 heavy (non-hydrogen) atoms. The van der Waals surface area contributed by atoms with Gasteiger partial charge in [-0.25, -0.2) is 0 Å². The summed E-state index contributed by atoms with van der Waals surface area (Å²) in [6.45, 7) is -2.72. The number of nitrogens with two attached hydrogens (primary N) is 1. The van der Waals surface area contributed by atoms with Crippen LogP contribution in [0.1, 0.15) is 15.9 Å². The van der Waals surface area contributed by atoms with Crippen LogP contribution in [0.2, 0.25) is 5.02 Å². The van der Waals surface area contributed by atoms with Crippen LogP contribution in [0.15, 0.2) is 54.6 Å². The van der Waals surface area contributed by atoms with E-state index in [2.05, 4.69) is 10.8 Å². The van der Waals surface area contributed by atoms with E-state index in [0.717, 1.165) is 0 Å². The van der Waals surface area contributed by atoms with E-state index in [4.69, 9.17) is 17.3 Å². The van der Waals surface area contributed by atoms with Gasteiger partial charge in [-0.3, -0.25) is 4.79 Å². The zero-order valence-electron chi connectivity index (χ0n) is 14.5. The molecule has 0 aliphatic carbocycles. The van der Waals surface area contributed by atoms with Crippen LogP contribution in [-0.4, -0.2) is 17.1 Å². The van der Waals surface area contributed by atoms with Crippen molar-refractivity contribution in [2.75, 3.05) is 0 Å². The van der Waals surface area contributed by atoms with Gasteiger partial charge in [-0.15, -0.1) is 0 Å². The highest BCUT2D eigenvalue weighted by atomic mass is 35.5. The minimum absolute atomic E-state index is 0.0783. The number of benzene rings is 3. The van der Waals surface area contributed by atoms with E-state index < -0.39 is 12.5 Å². The second-order valence-electron chi connectivity index (χ2n) is 6.19. The van der Waals surface area contributed by atoms with Crippen LogP contribution in [0.3, 0.4) is 0 Å². The minimum atomic E-state index is -2.93. The highest BCUT2D eigenvalue weighted by Crippen LogP contribution is 2.36. The summed E-state index contributed by atoms with van der Waals surface area (Å²) in [5.74, 6) is -0.492. The molecule has 0 unspecified atom stereocenters. The van der Waals surface area contributed by atoms with Crippen molar-refractivity contribution in [2.45, 2.75) is 13.2 Å². The van der Waals surface area contributed by atoms with Crippen LogP contribution >= 0.6 is 11.6 Å². The molecule has 0 aliphatic heterocycles. The molecule has 1 heterocycles. The molecule has 3 aromatic carbocycles. The van der Waals surface area contributed by atoms with Gasteiger partial charge in [-0.1, -0.05) is 41.9 Å². The number of hydrogen-bond donors (Lipinski definition) is 1. The van der Waals surface area contributed by atoms with E-state index in [9.17, 15) is 13.6 Å². The van der Waals surface area contributed by atoms with Crippen molar-refractivity contribution < 1.29 is 18.3 Å². The van der Waals surface area contributed by atoms with E-state index in [-0.39, 0.29) is 12.3 Å². The fourth-order valence-corrected chi connectivity index (χ4v) is 3.71. The largest absolute Gasteiger partial charge is 0.434 e. The molecule has 4 rings (SSSR count). The fourth-order valence-electron chi connectivity index (χ4n) is 3.45. The molecule has 141 valence electrons. The Morgan fingerprint density at radius 1 is 1.18 bits per heavy atom. The maximum absolute atomic E-state index is 12.8. The second-order valence-corrected chi connectivity index (χ2v) is 6.59. The van der Waals surface area contributed by atoms with Gasteiger partial charge in [0.05, 0.1) is 22.6 Å². The molecule has 2 N–H and O–H groups in total. The number of para-hydroxylation sites is 1. The molecule has 0 bridgehead atoms. The minimum Gasteiger partial charge on any atom is -0.434 e. The number of primary amides is 1. The van der Waals surface area contributed by atoms with Gasteiger partial charge in [-0.2, -0.15) is 8.78 Å². The van der Waals surface area contributed by atoms with Gasteiger partial charge in [0.15, 0.2) is 0 Å². The number of ether oxygens (including phenoxy) is 1. The molecule has 4 aromatic rings. The molecule has 1 radical (unpaired) electrons. The summed E-state index contributed by atoms with van der Waals surface area (Å²) in [5, 5.41) is 1.72. The van der Waals surface area contributed by atoms with Crippen molar-refractivity contribution in [2.24, 2.45) is 5.73 Å². The number of halogens is 3. The van der Waals surface area contributed by atoms with Crippen molar-refractivity contribution in [1.29, 1.82) is 0 Å². The summed E-state index contributed by atoms with van der Waals surface area (Å²) < 4.78 is 32.1. The lowest BCUT2D eigenvalue weighted by atomic mass is 10.1. The number of carbonyl (C=O) groups excluding carboxylic acids is 1. The van der Waals surface area contributed by atoms with E-state index >= 15 is 0 Å². The topological polar surface area (TPSA) is 57.2 Å². The van der Waals surface area contributed by atoms with Crippen molar-refractivity contribution >= 4 is 39.3 Å². The van der Waals surface area contributed by atoms with Crippen LogP contribution in [0.4, 0.5) is 8.78 Å². The van der Waals surface area contributed by atoms with Gasteiger partial charge in [0.25, 0.3) is 0 Å². The summed E-state index contributed by atoms with van der Waals surface area (Å²) in [6.07, 6.45) is 0. The predicted molar refractivity (Wildman–Crippen MR) is 104 cm³/mol. The van der Waals surface area contributed by atoms with Crippen LogP contribution in [0, 0.1) is 6.07 Å². The molecule has 0 aliphatic rings. The lowest BCUT2D eigenvalue weighted by molar-refractivity contribution is -0.0504. The third kappa shape index (κ3) is 3.05. The van der Waals surface area contributed by atoms with Gasteiger partial charge >= 0.3 is 6.61 Å². The van der Waals surface area contributed by atoms with E-state index in [0.29, 0.717) is 38.0 Å². The van der Waals surface area contributed by atoms with Gasteiger partial charge < -0.3 is 15.0 Å². The Morgan fingerprint density at radius 2 is 1.96 bits per heavy atom. The first-order valence-electron chi connectivity index (χ1n) is 8.41. The average Bonchev–Trinajstić information content (AvgIpc) is 2.98. The maximum Gasteiger partial charge on any atom is 0.387 e. The Bertz CT molecular complexity index is 1200. The van der Waals surface area contributed by atoms with Gasteiger partial charge in [0, 0.05) is 21.9 Å². The Hall–Kier alpha value is -3.12. The maximum atomic E-state index is 12.8. The average molecular weight is 400 g/mol. The van der Waals surface area contributed by atoms with E-state index in [1.54, 1.807) is 42.5 Å². The lowest BCUT2D eigenvalue weighted by Gasteiger charge is -2.13. The van der Waals surface area contributed by atoms with Crippen LogP contribution in [0.5, 0.6) is 5.75 Å². The molecule has 0 fully saturated rings. The highest BCUT2D eigenvalue weighted by molar-refractivity contribution is 6.36. The highest BCUT2D eigenvalue weighted by Gasteiger charge is 2.19. The SMILES string of the molecule is NC(=O)c1cccc2c1c1[c]ccc(Cl)c1n2Cc1ccccc1OC(F)F. The van der Waals surface area contributed by atoms with Gasteiger partial charge in [0.2, 0.25) is 5.91 Å². The number of nitrogens with zero attached hydrogens (tertiary/aromatic N) is 1. The monoisotopic (exact) mass is 399 g/mol. The van der Waals surface area contributed by atoms with Crippen LogP contribution in [0.25, 0.3) is 21.8 Å². The molecule has 7 heteroatoms. The third-order valence-electron chi connectivity index (χ3n) is 4.56. The Kier molecular flexibility index (Phi) is 4.65. The lowest BCUT2D eigenvalue weighted by Crippen LogP contribution is -2.11. The normalized spacial score (nSPS) is 11.4. The molecule has 0 atom stereocenters. The molecule has 1 amide bonds. The van der Waals surface area contributed by atoms with Crippen molar-refractivity contribution in [1.82, 2.24) is 4.57 Å². The predicted octanol–water partition coefficient (Wildman–Crippen LogP) is 5.00. The van der Waals surface area contributed by atoms with Crippen LogP contribution < -0.4 is 10.5 Å². The molecular weight excluding hydrogens is 386 g/mol. The Labute approximate surface area is 164 Å². The zero-order chi connectivity index (χ0) is 19.8. The zero-order valence-corrected chi connectivity index (χ0v) is 15.2. The molecule has 0 saturated heterocycles. The molecule has 0 spiro atoms. The van der Waals surface area contributed by atoms with Crippen molar-refractivity contribution in [3.05, 3.63) is 76.8 Å². The van der Waals surface area contributed by atoms with E-state index in [1.165, 1.54) is 6.07 Å². The van der Waals surface area contributed by atoms with Crippen molar-refractivity contribution in [3.8, 4) is 5.75 Å². The van der Waals surface area contributed by atoms with E-state index in [1.807, 2.05) is 10.6 Å². The standard InChI is InChI=1S/C21H14ClF2N2O2/c22-15-8-3-6-13-18-14(20(25)27)7-4-9-16(18)26(19(13)15)11-12-5-1-2-10-17(12)28-21(23)24/h1-5,7-10,21H,11H2,(H2,25,27). The summed E-state index contributed by atoms with van der Waals surface area (Å²) in [6, 6.07) is 18.2. The number of amides is 1. The first kappa shape index (κ1) is 18.3. The molecule has 0 saturated carbocycles. The first-order valence-corrected chi connectivity index (χ1v) is 8.79. The first-order chi connectivity index (χ1) is 13.5. The number of carbonyl (C=O) groups is 1. The quantitative estimate of drug-likeness (QED) is 0.513. The van der Waals surface area contributed by atoms with Gasteiger partial charge in [0.1, 0.15) is 5.75 Å². The smallest absolute Gasteiger partial charge is 0.387 e. The molecule has 4 nitrogen and oxygen atoms in total. The number of hydrogen-bond acceptors (Lipinski definition) is 2. The van der Waals surface area contributed by atoms with Crippen molar-refractivity contribution in [3.63, 3.8) is 0 Å². The summed E-state index contributed by atoms with van der Waals surface area (Å²) in [7, 11) is 0.